The van der Waals surface area contributed by atoms with E-state index in [1.165, 1.54) is 0 Å². The molecule has 0 unspecified atom stereocenters. The average molecular weight is 322 g/mol. The van der Waals surface area contributed by atoms with E-state index in [0.717, 1.165) is 8.95 Å². The molecule has 0 aliphatic carbocycles. The molecule has 0 bridgehead atoms. The minimum absolute atomic E-state index is 0.0898. The van der Waals surface area contributed by atoms with Crippen molar-refractivity contribution < 1.29 is 4.74 Å². The number of rotatable bonds is 2. The van der Waals surface area contributed by atoms with Crippen LogP contribution in [0.5, 0.6) is 0 Å². The number of halogens is 2. The molecule has 1 aromatic rings. The molecule has 0 heterocycles. The highest BCUT2D eigenvalue weighted by Gasteiger charge is 2.10. The molecule has 0 saturated carbocycles. The summed E-state index contributed by atoms with van der Waals surface area (Å²) in [5.74, 6) is 0.0898. The van der Waals surface area contributed by atoms with Gasteiger partial charge in [0, 0.05) is 8.95 Å². The fourth-order valence-electron chi connectivity index (χ4n) is 0.995. The zero-order chi connectivity index (χ0) is 10.7. The van der Waals surface area contributed by atoms with Gasteiger partial charge in [-0.2, -0.15) is 0 Å². The Morgan fingerprint density at radius 1 is 1.50 bits per heavy atom. The second kappa shape index (κ2) is 4.79. The molecule has 3 N–H and O–H groups in total. The number of hydrogen-bond acceptors (Lipinski definition) is 3. The molecule has 0 aromatic heterocycles. The highest BCUT2D eigenvalue weighted by molar-refractivity contribution is 9.11. The van der Waals surface area contributed by atoms with Crippen molar-refractivity contribution in [2.45, 2.75) is 6.92 Å². The van der Waals surface area contributed by atoms with Crippen LogP contribution in [0.4, 0.5) is 5.69 Å². The summed E-state index contributed by atoms with van der Waals surface area (Å²) in [5, 5.41) is 7.62. The highest BCUT2D eigenvalue weighted by atomic mass is 79.9. The van der Waals surface area contributed by atoms with Gasteiger partial charge in [-0.05, 0) is 35.0 Å². The van der Waals surface area contributed by atoms with E-state index in [2.05, 4.69) is 31.9 Å². The normalized spacial score (nSPS) is 9.93. The van der Waals surface area contributed by atoms with Crippen molar-refractivity contribution in [3.8, 4) is 0 Å². The Morgan fingerprint density at radius 2 is 2.14 bits per heavy atom. The van der Waals surface area contributed by atoms with Gasteiger partial charge in [0.15, 0.2) is 0 Å². The first-order valence-corrected chi connectivity index (χ1v) is 5.61. The molecule has 0 aliphatic rings. The lowest BCUT2D eigenvalue weighted by molar-refractivity contribution is 0.326. The standard InChI is InChI=1S/C9H10Br2N2O/c1-2-14-9(13)6-3-5(10)4-7(11)8(6)12/h3-4,13H,2,12H2,1H3. The molecule has 76 valence electrons. The third-order valence-electron chi connectivity index (χ3n) is 1.63. The summed E-state index contributed by atoms with van der Waals surface area (Å²) >= 11 is 6.64. The van der Waals surface area contributed by atoms with E-state index < -0.39 is 0 Å². The number of benzene rings is 1. The van der Waals surface area contributed by atoms with Gasteiger partial charge >= 0.3 is 0 Å². The van der Waals surface area contributed by atoms with E-state index in [1.54, 1.807) is 6.07 Å². The molecule has 1 rings (SSSR count). The first-order valence-electron chi connectivity index (χ1n) is 4.02. The predicted molar refractivity (Wildman–Crippen MR) is 64.7 cm³/mol. The van der Waals surface area contributed by atoms with Crippen LogP contribution in [0.15, 0.2) is 21.1 Å². The Kier molecular flexibility index (Phi) is 3.95. The molecule has 0 fully saturated rings. The van der Waals surface area contributed by atoms with Gasteiger partial charge in [-0.25, -0.2) is 0 Å². The van der Waals surface area contributed by atoms with Crippen molar-refractivity contribution in [1.29, 1.82) is 5.41 Å². The lowest BCUT2D eigenvalue weighted by atomic mass is 10.2. The molecule has 5 heteroatoms. The Balaban J connectivity index is 3.13. The summed E-state index contributed by atoms with van der Waals surface area (Å²) in [6.45, 7) is 2.29. The minimum Gasteiger partial charge on any atom is -0.478 e. The van der Waals surface area contributed by atoms with Gasteiger partial charge in [-0.15, -0.1) is 0 Å². The summed E-state index contributed by atoms with van der Waals surface area (Å²) in [4.78, 5) is 0. The lowest BCUT2D eigenvalue weighted by Crippen LogP contribution is -2.08. The molecule has 0 atom stereocenters. The maximum atomic E-state index is 7.62. The first-order chi connectivity index (χ1) is 6.56. The van der Waals surface area contributed by atoms with Gasteiger partial charge in [-0.1, -0.05) is 15.9 Å². The van der Waals surface area contributed by atoms with Gasteiger partial charge < -0.3 is 10.5 Å². The van der Waals surface area contributed by atoms with Crippen LogP contribution in [-0.2, 0) is 4.74 Å². The minimum atomic E-state index is 0.0898. The highest BCUT2D eigenvalue weighted by Crippen LogP contribution is 2.28. The SMILES string of the molecule is CCOC(=N)c1cc(Br)cc(Br)c1N. The smallest absolute Gasteiger partial charge is 0.215 e. The van der Waals surface area contributed by atoms with Crippen molar-refractivity contribution in [2.75, 3.05) is 12.3 Å². The zero-order valence-corrected chi connectivity index (χ0v) is 10.8. The van der Waals surface area contributed by atoms with Gasteiger partial charge in [0.1, 0.15) is 0 Å². The average Bonchev–Trinajstić information content (AvgIpc) is 2.11. The number of nitrogens with one attached hydrogen (secondary N) is 1. The van der Waals surface area contributed by atoms with E-state index in [-0.39, 0.29) is 5.90 Å². The van der Waals surface area contributed by atoms with Crippen LogP contribution in [0.3, 0.4) is 0 Å². The Labute approximate surface area is 99.4 Å². The van der Waals surface area contributed by atoms with E-state index >= 15 is 0 Å². The van der Waals surface area contributed by atoms with Gasteiger partial charge in [0.05, 0.1) is 17.9 Å². The van der Waals surface area contributed by atoms with Crippen LogP contribution < -0.4 is 5.73 Å². The summed E-state index contributed by atoms with van der Waals surface area (Å²) < 4.78 is 6.70. The maximum Gasteiger partial charge on any atom is 0.215 e. The van der Waals surface area contributed by atoms with Crippen molar-refractivity contribution in [2.24, 2.45) is 0 Å². The van der Waals surface area contributed by atoms with Crippen LogP contribution in [0.1, 0.15) is 12.5 Å². The number of ether oxygens (including phenoxy) is 1. The van der Waals surface area contributed by atoms with Crippen molar-refractivity contribution in [1.82, 2.24) is 0 Å². The summed E-state index contributed by atoms with van der Waals surface area (Å²) in [5.41, 5.74) is 6.91. The predicted octanol–water partition coefficient (Wildman–Crippen LogP) is 3.16. The second-order valence-corrected chi connectivity index (χ2v) is 4.38. The van der Waals surface area contributed by atoms with E-state index in [4.69, 9.17) is 15.9 Å². The molecule has 0 amide bonds. The Morgan fingerprint density at radius 3 is 2.71 bits per heavy atom. The molecular weight excluding hydrogens is 312 g/mol. The quantitative estimate of drug-likeness (QED) is 0.499. The number of hydrogen-bond donors (Lipinski definition) is 2. The maximum absolute atomic E-state index is 7.62. The van der Waals surface area contributed by atoms with Crippen molar-refractivity contribution in [3.63, 3.8) is 0 Å². The molecule has 0 radical (unpaired) electrons. The molecule has 14 heavy (non-hydrogen) atoms. The first kappa shape index (κ1) is 11.5. The van der Waals surface area contributed by atoms with E-state index in [0.29, 0.717) is 17.9 Å². The number of nitrogen functional groups attached to an aromatic ring is 1. The van der Waals surface area contributed by atoms with Gasteiger partial charge in [0.2, 0.25) is 5.90 Å². The Bertz CT molecular complexity index is 366. The fourth-order valence-corrected chi connectivity index (χ4v) is 2.22. The van der Waals surface area contributed by atoms with Crippen LogP contribution >= 0.6 is 31.9 Å². The molecule has 3 nitrogen and oxygen atoms in total. The zero-order valence-electron chi connectivity index (χ0n) is 7.60. The second-order valence-electron chi connectivity index (χ2n) is 2.61. The molecule has 0 saturated heterocycles. The number of nitrogens with two attached hydrogens (primary N) is 1. The summed E-state index contributed by atoms with van der Waals surface area (Å²) in [6.07, 6.45) is 0. The summed E-state index contributed by atoms with van der Waals surface area (Å²) in [6, 6.07) is 3.59. The van der Waals surface area contributed by atoms with Crippen LogP contribution in [-0.4, -0.2) is 12.5 Å². The van der Waals surface area contributed by atoms with Crippen LogP contribution in [0.2, 0.25) is 0 Å². The Hall–Kier alpha value is -0.550. The van der Waals surface area contributed by atoms with E-state index in [1.807, 2.05) is 13.0 Å². The molecular formula is C9H10Br2N2O. The molecule has 0 spiro atoms. The van der Waals surface area contributed by atoms with Crippen LogP contribution in [0.25, 0.3) is 0 Å². The van der Waals surface area contributed by atoms with Crippen molar-refractivity contribution in [3.05, 3.63) is 26.6 Å². The van der Waals surface area contributed by atoms with Gasteiger partial charge in [0.25, 0.3) is 0 Å². The van der Waals surface area contributed by atoms with Crippen molar-refractivity contribution >= 4 is 43.4 Å². The third-order valence-corrected chi connectivity index (χ3v) is 2.74. The third kappa shape index (κ3) is 2.48. The van der Waals surface area contributed by atoms with Crippen LogP contribution in [0, 0.1) is 5.41 Å². The topological polar surface area (TPSA) is 59.1 Å². The fraction of sp³-hybridized carbons (Fsp3) is 0.222. The molecule has 0 aliphatic heterocycles. The van der Waals surface area contributed by atoms with Gasteiger partial charge in [-0.3, -0.25) is 5.41 Å². The largest absolute Gasteiger partial charge is 0.478 e. The van der Waals surface area contributed by atoms with E-state index in [9.17, 15) is 0 Å². The lowest BCUT2D eigenvalue weighted by Gasteiger charge is -2.09. The summed E-state index contributed by atoms with van der Waals surface area (Å²) in [7, 11) is 0. The monoisotopic (exact) mass is 320 g/mol. The molecule has 1 aromatic carbocycles. The number of anilines is 1.